The Morgan fingerprint density at radius 3 is 2.46 bits per heavy atom. The molecule has 11 nitrogen and oxygen atoms in total. The second-order valence-electron chi connectivity index (χ2n) is 9.88. The van der Waals surface area contributed by atoms with E-state index >= 15 is 0 Å². The summed E-state index contributed by atoms with van der Waals surface area (Å²) >= 11 is 0. The molecule has 1 atom stereocenters. The molecule has 2 aliphatic rings. The zero-order valence-electron chi connectivity index (χ0n) is 21.2. The smallest absolute Gasteiger partial charge is 0.407 e. The summed E-state index contributed by atoms with van der Waals surface area (Å²) in [5.41, 5.74) is 0.992. The molecule has 3 N–H and O–H groups in total. The molecule has 3 aromatic rings. The molecule has 2 fully saturated rings. The molecule has 0 saturated carbocycles. The molecule has 0 radical (unpaired) electrons. The minimum atomic E-state index is -4.03. The van der Waals surface area contributed by atoms with Crippen molar-refractivity contribution in [3.05, 3.63) is 65.9 Å². The van der Waals surface area contributed by atoms with Crippen LogP contribution in [0, 0.1) is 12.8 Å². The van der Waals surface area contributed by atoms with Crippen molar-refractivity contribution >= 4 is 38.8 Å². The Labute approximate surface area is 225 Å². The van der Waals surface area contributed by atoms with E-state index in [1.54, 1.807) is 12.1 Å². The summed E-state index contributed by atoms with van der Waals surface area (Å²) in [5, 5.41) is 14.9. The fourth-order valence-electron chi connectivity index (χ4n) is 5.38. The molecule has 2 saturated heterocycles. The number of likely N-dealkylation sites (tertiary alicyclic amines) is 1. The summed E-state index contributed by atoms with van der Waals surface area (Å²) in [7, 11) is -4.03. The van der Waals surface area contributed by atoms with E-state index in [2.05, 4.69) is 15.6 Å². The molecule has 1 aromatic heterocycles. The number of piperidine rings is 1. The highest BCUT2D eigenvalue weighted by molar-refractivity contribution is 7.91. The van der Waals surface area contributed by atoms with Crippen LogP contribution in [-0.2, 0) is 21.2 Å². The number of para-hydroxylation sites is 1. The first kappa shape index (κ1) is 26.4. The lowest BCUT2D eigenvalue weighted by molar-refractivity contribution is -0.125. The molecule has 204 valence electrons. The number of hydrogen-bond donors (Lipinski definition) is 3. The molecular formula is C27H28N4O7S. The highest BCUT2D eigenvalue weighted by atomic mass is 32.2. The number of aryl methyl sites for hydroxylation is 1. The third-order valence-corrected chi connectivity index (χ3v) is 9.18. The molecule has 0 spiro atoms. The number of benzene rings is 2. The number of ether oxygens (including phenoxy) is 1. The third-order valence-electron chi connectivity index (χ3n) is 7.36. The van der Waals surface area contributed by atoms with Crippen LogP contribution in [0.3, 0.4) is 0 Å². The van der Waals surface area contributed by atoms with Crippen LogP contribution >= 0.6 is 0 Å². The number of hydrogen-bond acceptors (Lipinski definition) is 7. The van der Waals surface area contributed by atoms with Crippen LogP contribution < -0.4 is 15.4 Å². The standard InChI is InChI=1S/C27H28N4O7S/c1-17-14-18(22-4-2-3-5-23(22)28-17)15-38-20-6-8-21(9-7-20)39(36,37)16-27(24(32)29-25(33)30-27)19-10-12-31(13-11-19)26(34)35/h2-9,14,19H,10-13,15-16H2,1H3,(H,34,35)(H2,29,30,32,33). The van der Waals surface area contributed by atoms with E-state index < -0.39 is 45.1 Å². The zero-order chi connectivity index (χ0) is 27.8. The summed E-state index contributed by atoms with van der Waals surface area (Å²) in [6.07, 6.45) is -0.596. The van der Waals surface area contributed by atoms with Crippen LogP contribution in [0.15, 0.2) is 59.5 Å². The van der Waals surface area contributed by atoms with Crippen molar-refractivity contribution in [2.75, 3.05) is 18.8 Å². The molecule has 5 rings (SSSR count). The van der Waals surface area contributed by atoms with Crippen molar-refractivity contribution in [3.63, 3.8) is 0 Å². The van der Waals surface area contributed by atoms with Gasteiger partial charge in [-0.3, -0.25) is 15.1 Å². The number of carbonyl (C=O) groups is 3. The number of nitrogens with zero attached hydrogens (tertiary/aromatic N) is 2. The molecule has 2 aromatic carbocycles. The summed E-state index contributed by atoms with van der Waals surface area (Å²) < 4.78 is 32.8. The fourth-order valence-corrected chi connectivity index (χ4v) is 7.13. The number of rotatable bonds is 7. The van der Waals surface area contributed by atoms with Crippen LogP contribution in [0.2, 0.25) is 0 Å². The number of aromatic nitrogens is 1. The highest BCUT2D eigenvalue weighted by Gasteiger charge is 2.55. The second-order valence-corrected chi connectivity index (χ2v) is 11.9. The summed E-state index contributed by atoms with van der Waals surface area (Å²) in [5.74, 6) is -1.44. The van der Waals surface area contributed by atoms with Crippen LogP contribution in [0.4, 0.5) is 9.59 Å². The maximum Gasteiger partial charge on any atom is 0.407 e. The number of fused-ring (bicyclic) bond motifs is 1. The van der Waals surface area contributed by atoms with Gasteiger partial charge in [0.1, 0.15) is 17.9 Å². The Bertz CT molecular complexity index is 1550. The molecule has 0 aliphatic carbocycles. The lowest BCUT2D eigenvalue weighted by atomic mass is 9.79. The summed E-state index contributed by atoms with van der Waals surface area (Å²) in [6.45, 7) is 2.46. The van der Waals surface area contributed by atoms with Gasteiger partial charge in [0, 0.05) is 29.7 Å². The van der Waals surface area contributed by atoms with E-state index in [0.29, 0.717) is 5.75 Å². The number of imide groups is 1. The van der Waals surface area contributed by atoms with E-state index in [9.17, 15) is 27.9 Å². The van der Waals surface area contributed by atoms with E-state index in [0.717, 1.165) is 22.2 Å². The minimum Gasteiger partial charge on any atom is -0.489 e. The maximum absolute atomic E-state index is 13.5. The first-order chi connectivity index (χ1) is 18.6. The molecule has 0 bridgehead atoms. The van der Waals surface area contributed by atoms with Gasteiger partial charge in [-0.15, -0.1) is 0 Å². The van der Waals surface area contributed by atoms with E-state index in [-0.39, 0.29) is 37.4 Å². The van der Waals surface area contributed by atoms with Gasteiger partial charge < -0.3 is 20.1 Å². The predicted molar refractivity (Wildman–Crippen MR) is 141 cm³/mol. The second kappa shape index (κ2) is 10.2. The SMILES string of the molecule is Cc1cc(COc2ccc(S(=O)(=O)CC3(C4CCN(C(=O)O)CC4)NC(=O)NC3=O)cc2)c2ccccc2n1. The summed E-state index contributed by atoms with van der Waals surface area (Å²) in [4.78, 5) is 42.0. The third kappa shape index (κ3) is 5.24. The van der Waals surface area contributed by atoms with Crippen molar-refractivity contribution in [2.24, 2.45) is 5.92 Å². The molecule has 39 heavy (non-hydrogen) atoms. The van der Waals surface area contributed by atoms with Gasteiger partial charge in [0.25, 0.3) is 5.91 Å². The van der Waals surface area contributed by atoms with Gasteiger partial charge in [-0.05, 0) is 62.1 Å². The number of sulfone groups is 1. The molecule has 3 heterocycles. The molecule has 2 aliphatic heterocycles. The Kier molecular flexibility index (Phi) is 6.89. The Morgan fingerprint density at radius 1 is 1.13 bits per heavy atom. The van der Waals surface area contributed by atoms with Gasteiger partial charge in [-0.2, -0.15) is 0 Å². The summed E-state index contributed by atoms with van der Waals surface area (Å²) in [6, 6.07) is 14.9. The van der Waals surface area contributed by atoms with Gasteiger partial charge in [-0.25, -0.2) is 18.0 Å². The fraction of sp³-hybridized carbons (Fsp3) is 0.333. The Balaban J connectivity index is 1.32. The van der Waals surface area contributed by atoms with E-state index in [1.165, 1.54) is 17.0 Å². The molecular weight excluding hydrogens is 524 g/mol. The van der Waals surface area contributed by atoms with Crippen molar-refractivity contribution in [1.82, 2.24) is 20.5 Å². The first-order valence-corrected chi connectivity index (χ1v) is 14.1. The highest BCUT2D eigenvalue weighted by Crippen LogP contribution is 2.34. The minimum absolute atomic E-state index is 0.0173. The molecule has 4 amide bonds. The largest absolute Gasteiger partial charge is 0.489 e. The average Bonchev–Trinajstić information content (AvgIpc) is 3.19. The van der Waals surface area contributed by atoms with Gasteiger partial charge in [0.05, 0.1) is 16.2 Å². The number of carbonyl (C=O) groups excluding carboxylic acids is 2. The Hall–Kier alpha value is -4.19. The predicted octanol–water partition coefficient (Wildman–Crippen LogP) is 2.86. The number of amides is 4. The van der Waals surface area contributed by atoms with Crippen molar-refractivity contribution in [2.45, 2.75) is 36.8 Å². The monoisotopic (exact) mass is 552 g/mol. The van der Waals surface area contributed by atoms with Crippen LogP contribution in [-0.4, -0.2) is 65.8 Å². The van der Waals surface area contributed by atoms with Gasteiger partial charge in [0.15, 0.2) is 9.84 Å². The lowest BCUT2D eigenvalue weighted by Gasteiger charge is -2.39. The molecule has 1 unspecified atom stereocenters. The number of nitrogens with one attached hydrogen (secondary N) is 2. The van der Waals surface area contributed by atoms with Crippen LogP contribution in [0.1, 0.15) is 24.1 Å². The first-order valence-electron chi connectivity index (χ1n) is 12.5. The van der Waals surface area contributed by atoms with Gasteiger partial charge in [-0.1, -0.05) is 18.2 Å². The number of pyridine rings is 1. The average molecular weight is 553 g/mol. The van der Waals surface area contributed by atoms with E-state index in [1.807, 2.05) is 37.3 Å². The number of carboxylic acid groups (broad SMARTS) is 1. The lowest BCUT2D eigenvalue weighted by Crippen LogP contribution is -2.60. The zero-order valence-corrected chi connectivity index (χ0v) is 22.0. The topological polar surface area (TPSA) is 155 Å². The van der Waals surface area contributed by atoms with Crippen LogP contribution in [0.25, 0.3) is 10.9 Å². The normalized spacial score (nSPS) is 20.1. The van der Waals surface area contributed by atoms with Gasteiger partial charge in [0.2, 0.25) is 0 Å². The van der Waals surface area contributed by atoms with Crippen molar-refractivity contribution < 1.29 is 32.6 Å². The van der Waals surface area contributed by atoms with E-state index in [4.69, 9.17) is 4.74 Å². The maximum atomic E-state index is 13.5. The Morgan fingerprint density at radius 2 is 1.82 bits per heavy atom. The van der Waals surface area contributed by atoms with Crippen molar-refractivity contribution in [3.8, 4) is 5.75 Å². The number of urea groups is 1. The van der Waals surface area contributed by atoms with Crippen molar-refractivity contribution in [1.29, 1.82) is 0 Å². The van der Waals surface area contributed by atoms with Crippen LogP contribution in [0.5, 0.6) is 5.75 Å². The molecule has 12 heteroatoms. The quantitative estimate of drug-likeness (QED) is 0.378. The van der Waals surface area contributed by atoms with Gasteiger partial charge >= 0.3 is 12.1 Å².